The van der Waals surface area contributed by atoms with Gasteiger partial charge in [0.25, 0.3) is 10.2 Å². The molecule has 1 fully saturated rings. The van der Waals surface area contributed by atoms with Gasteiger partial charge in [0.05, 0.1) is 0 Å². The first-order chi connectivity index (χ1) is 7.92. The number of hydrogen-bond acceptors (Lipinski definition) is 3. The summed E-state index contributed by atoms with van der Waals surface area (Å²) >= 11 is 0. The fourth-order valence-corrected chi connectivity index (χ4v) is 3.09. The molecule has 0 spiro atoms. The zero-order valence-corrected chi connectivity index (χ0v) is 11.9. The Morgan fingerprint density at radius 2 is 1.82 bits per heavy atom. The summed E-state index contributed by atoms with van der Waals surface area (Å²) < 4.78 is 28.0. The van der Waals surface area contributed by atoms with Crippen molar-refractivity contribution < 1.29 is 8.42 Å². The zero-order valence-electron chi connectivity index (χ0n) is 11.1. The highest BCUT2D eigenvalue weighted by Crippen LogP contribution is 2.17. The van der Waals surface area contributed by atoms with E-state index in [1.54, 1.807) is 4.31 Å². The second-order valence-corrected chi connectivity index (χ2v) is 6.84. The van der Waals surface area contributed by atoms with Crippen molar-refractivity contribution in [1.82, 2.24) is 14.3 Å². The topological polar surface area (TPSA) is 61.4 Å². The third-order valence-electron chi connectivity index (χ3n) is 3.04. The molecule has 1 rings (SSSR count). The average Bonchev–Trinajstić information content (AvgIpc) is 2.25. The molecular weight excluding hydrogens is 238 g/mol. The summed E-state index contributed by atoms with van der Waals surface area (Å²) in [6, 6.07) is 0.385. The highest BCUT2D eigenvalue weighted by molar-refractivity contribution is 7.87. The molecule has 0 bridgehead atoms. The van der Waals surface area contributed by atoms with Crippen LogP contribution < -0.4 is 10.0 Å². The molecule has 1 heterocycles. The van der Waals surface area contributed by atoms with Crippen LogP contribution in [0.5, 0.6) is 0 Å². The van der Waals surface area contributed by atoms with E-state index in [9.17, 15) is 8.42 Å². The Bertz CT molecular complexity index is 309. The van der Waals surface area contributed by atoms with Crippen LogP contribution >= 0.6 is 0 Å². The average molecular weight is 263 g/mol. The van der Waals surface area contributed by atoms with Crippen LogP contribution in [0.25, 0.3) is 0 Å². The van der Waals surface area contributed by atoms with E-state index >= 15 is 0 Å². The molecule has 1 aliphatic heterocycles. The minimum absolute atomic E-state index is 0.385. The predicted molar refractivity (Wildman–Crippen MR) is 70.0 cm³/mol. The van der Waals surface area contributed by atoms with Crippen molar-refractivity contribution in [3.05, 3.63) is 0 Å². The highest BCUT2D eigenvalue weighted by Gasteiger charge is 2.25. The third kappa shape index (κ3) is 5.33. The van der Waals surface area contributed by atoms with Crippen LogP contribution in [0.4, 0.5) is 0 Å². The SMILES string of the molecule is CC1CCN(S(=O)(=O)NCCNC(C)C)CC1. The van der Waals surface area contributed by atoms with Gasteiger partial charge in [-0.3, -0.25) is 0 Å². The van der Waals surface area contributed by atoms with E-state index in [0.29, 0.717) is 38.1 Å². The monoisotopic (exact) mass is 263 g/mol. The number of piperidine rings is 1. The molecule has 17 heavy (non-hydrogen) atoms. The van der Waals surface area contributed by atoms with E-state index in [-0.39, 0.29) is 0 Å². The third-order valence-corrected chi connectivity index (χ3v) is 4.66. The molecule has 6 heteroatoms. The molecular formula is C11H25N3O2S. The van der Waals surface area contributed by atoms with Gasteiger partial charge in [0, 0.05) is 32.2 Å². The molecule has 2 N–H and O–H groups in total. The second-order valence-electron chi connectivity index (χ2n) is 5.09. The molecule has 0 radical (unpaired) electrons. The first-order valence-corrected chi connectivity index (χ1v) is 7.84. The molecule has 0 aromatic heterocycles. The Hall–Kier alpha value is -0.170. The Labute approximate surface area is 105 Å². The van der Waals surface area contributed by atoms with Crippen molar-refractivity contribution in [1.29, 1.82) is 0 Å². The Balaban J connectivity index is 2.30. The molecule has 0 aromatic carbocycles. The van der Waals surface area contributed by atoms with E-state index < -0.39 is 10.2 Å². The smallest absolute Gasteiger partial charge is 0.279 e. The summed E-state index contributed by atoms with van der Waals surface area (Å²) in [6.07, 6.45) is 1.93. The number of rotatable bonds is 6. The fraction of sp³-hybridized carbons (Fsp3) is 1.00. The Kier molecular flexibility index (Phi) is 5.85. The van der Waals surface area contributed by atoms with Gasteiger partial charge in [-0.05, 0) is 18.8 Å². The van der Waals surface area contributed by atoms with Gasteiger partial charge in [0.2, 0.25) is 0 Å². The minimum Gasteiger partial charge on any atom is -0.313 e. The molecule has 0 saturated carbocycles. The van der Waals surface area contributed by atoms with Crippen molar-refractivity contribution in [3.63, 3.8) is 0 Å². The second kappa shape index (κ2) is 6.68. The van der Waals surface area contributed by atoms with Gasteiger partial charge in [-0.15, -0.1) is 0 Å². The highest BCUT2D eigenvalue weighted by atomic mass is 32.2. The van der Waals surface area contributed by atoms with Crippen molar-refractivity contribution in [2.75, 3.05) is 26.2 Å². The largest absolute Gasteiger partial charge is 0.313 e. The van der Waals surface area contributed by atoms with Gasteiger partial charge in [0.1, 0.15) is 0 Å². The van der Waals surface area contributed by atoms with Crippen LogP contribution in [-0.2, 0) is 10.2 Å². The summed E-state index contributed by atoms with van der Waals surface area (Å²) in [4.78, 5) is 0. The van der Waals surface area contributed by atoms with Gasteiger partial charge in [-0.1, -0.05) is 20.8 Å². The summed E-state index contributed by atoms with van der Waals surface area (Å²) in [5.74, 6) is 0.643. The quantitative estimate of drug-likeness (QED) is 0.688. The molecule has 0 aliphatic carbocycles. The summed E-state index contributed by atoms with van der Waals surface area (Å²) in [5.41, 5.74) is 0. The van der Waals surface area contributed by atoms with E-state index in [0.717, 1.165) is 12.8 Å². The normalized spacial score (nSPS) is 20.0. The number of nitrogens with zero attached hydrogens (tertiary/aromatic N) is 1. The van der Waals surface area contributed by atoms with Gasteiger partial charge in [0.15, 0.2) is 0 Å². The lowest BCUT2D eigenvalue weighted by Crippen LogP contribution is -2.46. The van der Waals surface area contributed by atoms with E-state index in [1.807, 2.05) is 13.8 Å². The lowest BCUT2D eigenvalue weighted by molar-refractivity contribution is 0.285. The van der Waals surface area contributed by atoms with Crippen LogP contribution in [0.3, 0.4) is 0 Å². The fourth-order valence-electron chi connectivity index (χ4n) is 1.86. The van der Waals surface area contributed by atoms with Crippen LogP contribution in [-0.4, -0.2) is 44.9 Å². The maximum atomic E-state index is 11.9. The first-order valence-electron chi connectivity index (χ1n) is 6.40. The molecule has 0 atom stereocenters. The lowest BCUT2D eigenvalue weighted by atomic mass is 10.0. The van der Waals surface area contributed by atoms with Crippen LogP contribution in [0.1, 0.15) is 33.6 Å². The van der Waals surface area contributed by atoms with Crippen LogP contribution in [0, 0.1) is 5.92 Å². The number of nitrogens with one attached hydrogen (secondary N) is 2. The molecule has 0 unspecified atom stereocenters. The minimum atomic E-state index is -3.26. The molecule has 102 valence electrons. The lowest BCUT2D eigenvalue weighted by Gasteiger charge is -2.29. The summed E-state index contributed by atoms with van der Waals surface area (Å²) in [5, 5.41) is 3.18. The van der Waals surface area contributed by atoms with Crippen LogP contribution in [0.2, 0.25) is 0 Å². The molecule has 1 saturated heterocycles. The van der Waals surface area contributed by atoms with Gasteiger partial charge >= 0.3 is 0 Å². The van der Waals surface area contributed by atoms with Crippen molar-refractivity contribution in [3.8, 4) is 0 Å². The molecule has 0 amide bonds. The van der Waals surface area contributed by atoms with Crippen molar-refractivity contribution >= 4 is 10.2 Å². The van der Waals surface area contributed by atoms with E-state index in [2.05, 4.69) is 17.0 Å². The zero-order chi connectivity index (χ0) is 12.9. The van der Waals surface area contributed by atoms with Gasteiger partial charge in [-0.2, -0.15) is 12.7 Å². The predicted octanol–water partition coefficient (Wildman–Crippen LogP) is 0.551. The molecule has 0 aromatic rings. The Morgan fingerprint density at radius 1 is 1.24 bits per heavy atom. The molecule has 5 nitrogen and oxygen atoms in total. The maximum Gasteiger partial charge on any atom is 0.279 e. The standard InChI is InChI=1S/C11H25N3O2S/c1-10(2)12-6-7-13-17(15,16)14-8-4-11(3)5-9-14/h10-13H,4-9H2,1-3H3. The molecule has 1 aliphatic rings. The summed E-state index contributed by atoms with van der Waals surface area (Å²) in [6.45, 7) is 8.67. The van der Waals surface area contributed by atoms with Gasteiger partial charge < -0.3 is 5.32 Å². The van der Waals surface area contributed by atoms with Crippen molar-refractivity contribution in [2.24, 2.45) is 5.92 Å². The Morgan fingerprint density at radius 3 is 2.35 bits per heavy atom. The summed E-state index contributed by atoms with van der Waals surface area (Å²) in [7, 11) is -3.26. The van der Waals surface area contributed by atoms with Crippen molar-refractivity contribution in [2.45, 2.75) is 39.7 Å². The number of hydrogen-bond donors (Lipinski definition) is 2. The van der Waals surface area contributed by atoms with Crippen LogP contribution in [0.15, 0.2) is 0 Å². The van der Waals surface area contributed by atoms with E-state index in [1.165, 1.54) is 0 Å². The van der Waals surface area contributed by atoms with Gasteiger partial charge in [-0.25, -0.2) is 4.72 Å². The van der Waals surface area contributed by atoms with E-state index in [4.69, 9.17) is 0 Å². The maximum absolute atomic E-state index is 11.9. The first kappa shape index (κ1) is 14.9.